The Bertz CT molecular complexity index is 1150. The van der Waals surface area contributed by atoms with E-state index in [1.807, 2.05) is 17.0 Å². The Morgan fingerprint density at radius 3 is 2.35 bits per heavy atom. The lowest BCUT2D eigenvalue weighted by Gasteiger charge is -2.40. The number of piperazine rings is 1. The summed E-state index contributed by atoms with van der Waals surface area (Å²) in [5.74, 6) is 0.412. The number of nitrogens with zero attached hydrogens (tertiary/aromatic N) is 4. The first-order valence-corrected chi connectivity index (χ1v) is 14.2. The second-order valence-electron chi connectivity index (χ2n) is 10.1. The Morgan fingerprint density at radius 1 is 1.00 bits per heavy atom. The van der Waals surface area contributed by atoms with E-state index in [9.17, 15) is 14.8 Å². The molecule has 8 nitrogen and oxygen atoms in total. The summed E-state index contributed by atoms with van der Waals surface area (Å²) in [7, 11) is 0. The van der Waals surface area contributed by atoms with Crippen LogP contribution in [0.1, 0.15) is 47.7 Å². The molecule has 2 saturated heterocycles. The van der Waals surface area contributed by atoms with Crippen LogP contribution in [0.4, 0.5) is 4.79 Å². The highest BCUT2D eigenvalue weighted by Crippen LogP contribution is 2.41. The van der Waals surface area contributed by atoms with Gasteiger partial charge in [-0.05, 0) is 71.3 Å². The number of hydrogen-bond donors (Lipinski definition) is 1. The first-order valence-electron chi connectivity index (χ1n) is 12.7. The number of piperidine rings is 1. The molecule has 37 heavy (non-hydrogen) atoms. The maximum atomic E-state index is 13.2. The largest absolute Gasteiger partial charge is 0.618 e. The van der Waals surface area contributed by atoms with Gasteiger partial charge in [0.1, 0.15) is 6.04 Å². The van der Waals surface area contributed by atoms with E-state index in [1.165, 1.54) is 0 Å². The lowest BCUT2D eigenvalue weighted by atomic mass is 9.93. The molecule has 198 valence electrons. The standard InChI is InChI=1S/C26H30BrCl2N5O3/c27-19-12-18-2-1-17-13-20(28)14-21(29)23(17)25(24(18)34(37)15-19)32-9-7-31(8-10-32)22(35)11-16-3-5-33(6-4-16)26(30)36/h12-16,25H,1-11H2,(H2,30,36)/t25-/m1/s1. The zero-order valence-corrected chi connectivity index (χ0v) is 23.6. The van der Waals surface area contributed by atoms with Crippen molar-refractivity contribution in [2.24, 2.45) is 11.7 Å². The molecule has 1 aliphatic carbocycles. The Hall–Kier alpha value is -2.07. The van der Waals surface area contributed by atoms with Gasteiger partial charge in [-0.25, -0.2) is 4.79 Å². The highest BCUT2D eigenvalue weighted by atomic mass is 79.9. The number of nitrogens with two attached hydrogens (primary N) is 1. The van der Waals surface area contributed by atoms with Crippen molar-refractivity contribution < 1.29 is 14.3 Å². The van der Waals surface area contributed by atoms with Crippen molar-refractivity contribution in [2.45, 2.75) is 38.1 Å². The van der Waals surface area contributed by atoms with Crippen molar-refractivity contribution in [3.8, 4) is 0 Å². The molecule has 2 fully saturated rings. The summed E-state index contributed by atoms with van der Waals surface area (Å²) in [6.45, 7) is 3.64. The molecule has 0 bridgehead atoms. The van der Waals surface area contributed by atoms with Crippen LogP contribution in [0, 0.1) is 11.1 Å². The minimum atomic E-state index is -0.392. The number of rotatable bonds is 3. The second kappa shape index (κ2) is 11.0. The number of pyridine rings is 1. The van der Waals surface area contributed by atoms with Crippen LogP contribution >= 0.6 is 39.1 Å². The molecule has 5 rings (SSSR count). The fourth-order valence-electron chi connectivity index (χ4n) is 5.97. The van der Waals surface area contributed by atoms with Gasteiger partial charge < -0.3 is 20.7 Å². The molecule has 2 N–H and O–H groups in total. The number of aromatic nitrogens is 1. The Balaban J connectivity index is 1.34. The lowest BCUT2D eigenvalue weighted by molar-refractivity contribution is -0.617. The lowest BCUT2D eigenvalue weighted by Crippen LogP contribution is -2.52. The molecule has 1 aromatic heterocycles. The van der Waals surface area contributed by atoms with Crippen LogP contribution in [-0.2, 0) is 17.6 Å². The number of amides is 3. The normalized spacial score (nSPS) is 20.8. The van der Waals surface area contributed by atoms with Crippen LogP contribution < -0.4 is 10.5 Å². The smallest absolute Gasteiger partial charge is 0.314 e. The fourth-order valence-corrected chi connectivity index (χ4v) is 7.07. The van der Waals surface area contributed by atoms with Crippen LogP contribution in [0.15, 0.2) is 28.9 Å². The van der Waals surface area contributed by atoms with E-state index < -0.39 is 6.03 Å². The molecule has 0 radical (unpaired) electrons. The van der Waals surface area contributed by atoms with Crippen molar-refractivity contribution >= 4 is 51.1 Å². The summed E-state index contributed by atoms with van der Waals surface area (Å²) >= 11 is 16.6. The minimum absolute atomic E-state index is 0.145. The van der Waals surface area contributed by atoms with Gasteiger partial charge in [-0.2, -0.15) is 4.73 Å². The Labute approximate surface area is 235 Å². The van der Waals surface area contributed by atoms with Gasteiger partial charge in [0.05, 0.1) is 4.47 Å². The van der Waals surface area contributed by atoms with Crippen molar-refractivity contribution in [3.05, 3.63) is 66.5 Å². The number of carbonyl (C=O) groups excluding carboxylic acids is 2. The number of primary amides is 1. The minimum Gasteiger partial charge on any atom is -0.618 e. The average molecular weight is 611 g/mol. The molecule has 1 atom stereocenters. The van der Waals surface area contributed by atoms with Crippen LogP contribution in [-0.4, -0.2) is 65.9 Å². The van der Waals surface area contributed by atoms with Gasteiger partial charge in [0.25, 0.3) is 0 Å². The summed E-state index contributed by atoms with van der Waals surface area (Å²) in [4.78, 5) is 30.3. The van der Waals surface area contributed by atoms with E-state index in [-0.39, 0.29) is 17.9 Å². The predicted molar refractivity (Wildman–Crippen MR) is 145 cm³/mol. The topological polar surface area (TPSA) is 96.8 Å². The number of urea groups is 1. The summed E-state index contributed by atoms with van der Waals surface area (Å²) < 4.78 is 1.70. The summed E-state index contributed by atoms with van der Waals surface area (Å²) in [5.41, 5.74) is 9.03. The second-order valence-corrected chi connectivity index (χ2v) is 11.9. The molecule has 3 amide bonds. The average Bonchev–Trinajstić information content (AvgIpc) is 3.02. The molecule has 2 aliphatic heterocycles. The molecule has 0 spiro atoms. The molecule has 0 unspecified atom stereocenters. The van der Waals surface area contributed by atoms with E-state index in [0.717, 1.165) is 45.2 Å². The van der Waals surface area contributed by atoms with Gasteiger partial charge >= 0.3 is 6.03 Å². The van der Waals surface area contributed by atoms with Crippen molar-refractivity contribution in [2.75, 3.05) is 39.3 Å². The molecule has 2 aromatic rings. The summed E-state index contributed by atoms with van der Waals surface area (Å²) in [5, 5.41) is 14.4. The zero-order valence-electron chi connectivity index (χ0n) is 20.5. The van der Waals surface area contributed by atoms with Crippen molar-refractivity contribution in [1.29, 1.82) is 0 Å². The van der Waals surface area contributed by atoms with Crippen LogP contribution in [0.5, 0.6) is 0 Å². The van der Waals surface area contributed by atoms with E-state index in [1.54, 1.807) is 17.2 Å². The van der Waals surface area contributed by atoms with Crippen molar-refractivity contribution in [1.82, 2.24) is 14.7 Å². The maximum Gasteiger partial charge on any atom is 0.314 e. The first-order chi connectivity index (χ1) is 17.7. The Morgan fingerprint density at radius 2 is 1.68 bits per heavy atom. The zero-order chi connectivity index (χ0) is 26.3. The van der Waals surface area contributed by atoms with Gasteiger partial charge in [0, 0.05) is 66.9 Å². The first kappa shape index (κ1) is 26.5. The van der Waals surface area contributed by atoms with Crippen LogP contribution in [0.3, 0.4) is 0 Å². The van der Waals surface area contributed by atoms with Gasteiger partial charge in [-0.3, -0.25) is 9.69 Å². The number of aryl methyl sites for hydroxylation is 2. The third-order valence-electron chi connectivity index (χ3n) is 7.92. The number of halogens is 3. The van der Waals surface area contributed by atoms with Gasteiger partial charge in [0.15, 0.2) is 6.20 Å². The maximum absolute atomic E-state index is 13.2. The van der Waals surface area contributed by atoms with E-state index in [0.29, 0.717) is 67.8 Å². The molecule has 3 heterocycles. The molecule has 1 aromatic carbocycles. The fraction of sp³-hybridized carbons (Fsp3) is 0.500. The highest BCUT2D eigenvalue weighted by Gasteiger charge is 2.39. The molecular formula is C26H30BrCl2N5O3. The number of benzene rings is 1. The summed E-state index contributed by atoms with van der Waals surface area (Å²) in [6.07, 6.45) is 5.08. The number of fused-ring (bicyclic) bond motifs is 2. The van der Waals surface area contributed by atoms with Crippen molar-refractivity contribution in [3.63, 3.8) is 0 Å². The molecule has 3 aliphatic rings. The molecular weight excluding hydrogens is 581 g/mol. The van der Waals surface area contributed by atoms with E-state index in [4.69, 9.17) is 28.9 Å². The van der Waals surface area contributed by atoms with Gasteiger partial charge in [-0.1, -0.05) is 23.2 Å². The predicted octanol–water partition coefficient (Wildman–Crippen LogP) is 3.90. The quantitative estimate of drug-likeness (QED) is 0.421. The summed E-state index contributed by atoms with van der Waals surface area (Å²) in [6, 6.07) is 5.00. The highest BCUT2D eigenvalue weighted by molar-refractivity contribution is 9.10. The third kappa shape index (κ3) is 5.55. The van der Waals surface area contributed by atoms with E-state index >= 15 is 0 Å². The number of likely N-dealkylation sites (tertiary alicyclic amines) is 1. The Kier molecular flexibility index (Phi) is 7.86. The van der Waals surface area contributed by atoms with Crippen LogP contribution in [0.2, 0.25) is 10.0 Å². The third-order valence-corrected chi connectivity index (χ3v) is 8.88. The number of hydrogen-bond acceptors (Lipinski definition) is 4. The SMILES string of the molecule is NC(=O)N1CCC(CC(=O)N2CCN([C@@H]3c4c(Cl)cc(Cl)cc4CCc4cc(Br)c[n+]([O-])c43)CC2)CC1. The van der Waals surface area contributed by atoms with Gasteiger partial charge in [0.2, 0.25) is 11.6 Å². The number of carbonyl (C=O) groups is 2. The van der Waals surface area contributed by atoms with E-state index in [2.05, 4.69) is 20.8 Å². The monoisotopic (exact) mass is 609 g/mol. The van der Waals surface area contributed by atoms with Gasteiger partial charge in [-0.15, -0.1) is 0 Å². The van der Waals surface area contributed by atoms with Crippen LogP contribution in [0.25, 0.3) is 0 Å². The molecule has 11 heteroatoms. The molecule has 0 saturated carbocycles.